The molecule has 5 nitrogen and oxygen atoms in total. The Bertz CT molecular complexity index is 599. The lowest BCUT2D eigenvalue weighted by atomic mass is 10.2. The van der Waals surface area contributed by atoms with Gasteiger partial charge in [-0.15, -0.1) is 0 Å². The van der Waals surface area contributed by atoms with Crippen molar-refractivity contribution in [1.82, 2.24) is 9.62 Å². The van der Waals surface area contributed by atoms with E-state index in [1.54, 1.807) is 7.11 Å². The molecule has 1 aromatic carbocycles. The van der Waals surface area contributed by atoms with Gasteiger partial charge in [0.1, 0.15) is 5.75 Å². The third kappa shape index (κ3) is 5.15. The van der Waals surface area contributed by atoms with E-state index in [1.165, 1.54) is 6.26 Å². The molecular formula is C15H22N2O3S. The Balaban J connectivity index is 1.85. The van der Waals surface area contributed by atoms with Gasteiger partial charge < -0.3 is 4.74 Å². The summed E-state index contributed by atoms with van der Waals surface area (Å²) in [4.78, 5) is 2.23. The lowest BCUT2D eigenvalue weighted by molar-refractivity contribution is 0.369. The SMILES string of the molecule is COc1ccccc1/C=C/CN1CC[C@@H](NS(C)(=O)=O)C1. The van der Waals surface area contributed by atoms with Crippen LogP contribution < -0.4 is 9.46 Å². The smallest absolute Gasteiger partial charge is 0.208 e. The number of benzene rings is 1. The van der Waals surface area contributed by atoms with Crippen LogP contribution in [0, 0.1) is 0 Å². The molecule has 1 heterocycles. The van der Waals surface area contributed by atoms with Gasteiger partial charge in [-0.05, 0) is 12.5 Å². The fourth-order valence-corrected chi connectivity index (χ4v) is 3.33. The van der Waals surface area contributed by atoms with E-state index >= 15 is 0 Å². The first-order valence-corrected chi connectivity index (χ1v) is 8.86. The van der Waals surface area contributed by atoms with Gasteiger partial charge in [-0.3, -0.25) is 4.90 Å². The van der Waals surface area contributed by atoms with E-state index in [9.17, 15) is 8.42 Å². The van der Waals surface area contributed by atoms with E-state index in [1.807, 2.05) is 30.3 Å². The zero-order valence-electron chi connectivity index (χ0n) is 12.5. The molecule has 1 saturated heterocycles. The molecule has 6 heteroatoms. The summed E-state index contributed by atoms with van der Waals surface area (Å²) in [5.74, 6) is 0.854. The van der Waals surface area contributed by atoms with Crippen molar-refractivity contribution >= 4 is 16.1 Å². The largest absolute Gasteiger partial charge is 0.496 e. The molecule has 0 aromatic heterocycles. The molecule has 21 heavy (non-hydrogen) atoms. The number of hydrogen-bond donors (Lipinski definition) is 1. The second-order valence-electron chi connectivity index (χ2n) is 5.28. The van der Waals surface area contributed by atoms with E-state index in [0.29, 0.717) is 0 Å². The molecule has 0 spiro atoms. The van der Waals surface area contributed by atoms with Crippen molar-refractivity contribution in [3.05, 3.63) is 35.9 Å². The predicted octanol–water partition coefficient (Wildman–Crippen LogP) is 1.33. The van der Waals surface area contributed by atoms with Crippen LogP contribution in [-0.2, 0) is 10.0 Å². The van der Waals surface area contributed by atoms with Crippen LogP contribution in [0.15, 0.2) is 30.3 Å². The first-order valence-electron chi connectivity index (χ1n) is 6.97. The molecule has 1 fully saturated rings. The summed E-state index contributed by atoms with van der Waals surface area (Å²) in [6.45, 7) is 2.47. The summed E-state index contributed by atoms with van der Waals surface area (Å²) in [7, 11) is -1.45. The van der Waals surface area contributed by atoms with Crippen LogP contribution in [0.4, 0.5) is 0 Å². The first kappa shape index (κ1) is 16.0. The third-order valence-electron chi connectivity index (χ3n) is 3.45. The van der Waals surface area contributed by atoms with Crippen molar-refractivity contribution in [3.63, 3.8) is 0 Å². The van der Waals surface area contributed by atoms with Gasteiger partial charge in [0.15, 0.2) is 0 Å². The monoisotopic (exact) mass is 310 g/mol. The molecule has 1 aliphatic rings. The molecule has 1 N–H and O–H groups in total. The highest BCUT2D eigenvalue weighted by molar-refractivity contribution is 7.88. The van der Waals surface area contributed by atoms with Crippen molar-refractivity contribution in [2.24, 2.45) is 0 Å². The molecule has 116 valence electrons. The molecule has 0 unspecified atom stereocenters. The van der Waals surface area contributed by atoms with Crippen molar-refractivity contribution in [2.45, 2.75) is 12.5 Å². The van der Waals surface area contributed by atoms with Gasteiger partial charge in [0.25, 0.3) is 0 Å². The molecule has 0 saturated carbocycles. The fraction of sp³-hybridized carbons (Fsp3) is 0.467. The minimum atomic E-state index is -3.11. The maximum Gasteiger partial charge on any atom is 0.208 e. The van der Waals surface area contributed by atoms with E-state index in [0.717, 1.165) is 37.4 Å². The molecule has 0 aliphatic carbocycles. The number of hydrogen-bond acceptors (Lipinski definition) is 4. The van der Waals surface area contributed by atoms with Gasteiger partial charge in [0, 0.05) is 31.2 Å². The zero-order chi connectivity index (χ0) is 15.3. The average Bonchev–Trinajstić information content (AvgIpc) is 2.84. The van der Waals surface area contributed by atoms with Crippen LogP contribution in [0.5, 0.6) is 5.75 Å². The topological polar surface area (TPSA) is 58.6 Å². The van der Waals surface area contributed by atoms with E-state index in [-0.39, 0.29) is 6.04 Å². The summed E-state index contributed by atoms with van der Waals surface area (Å²) >= 11 is 0. The van der Waals surface area contributed by atoms with Crippen LogP contribution in [0.3, 0.4) is 0 Å². The van der Waals surface area contributed by atoms with Crippen LogP contribution in [0.25, 0.3) is 6.08 Å². The van der Waals surface area contributed by atoms with Gasteiger partial charge in [0.2, 0.25) is 10.0 Å². The van der Waals surface area contributed by atoms with E-state index < -0.39 is 10.0 Å². The summed E-state index contributed by atoms with van der Waals surface area (Å²) < 4.78 is 30.4. The number of sulfonamides is 1. The van der Waals surface area contributed by atoms with Gasteiger partial charge in [-0.25, -0.2) is 13.1 Å². The lowest BCUT2D eigenvalue weighted by Crippen LogP contribution is -2.36. The highest BCUT2D eigenvalue weighted by atomic mass is 32.2. The molecule has 0 bridgehead atoms. The lowest BCUT2D eigenvalue weighted by Gasteiger charge is -2.14. The minimum Gasteiger partial charge on any atom is -0.496 e. The fourth-order valence-electron chi connectivity index (χ4n) is 2.53. The van der Waals surface area contributed by atoms with Crippen molar-refractivity contribution in [3.8, 4) is 5.75 Å². The number of nitrogens with zero attached hydrogens (tertiary/aromatic N) is 1. The molecule has 0 radical (unpaired) electrons. The van der Waals surface area contributed by atoms with Gasteiger partial charge in [-0.1, -0.05) is 30.4 Å². The molecular weight excluding hydrogens is 288 g/mol. The quantitative estimate of drug-likeness (QED) is 0.861. The number of para-hydroxylation sites is 1. The first-order chi connectivity index (χ1) is 9.98. The van der Waals surface area contributed by atoms with Crippen molar-refractivity contribution < 1.29 is 13.2 Å². The standard InChI is InChI=1S/C15H22N2O3S/c1-20-15-8-4-3-6-13(15)7-5-10-17-11-9-14(12-17)16-21(2,18)19/h3-8,14,16H,9-12H2,1-2H3/b7-5+/t14-/m1/s1. The average molecular weight is 310 g/mol. The Labute approximate surface area is 126 Å². The van der Waals surface area contributed by atoms with Crippen molar-refractivity contribution in [1.29, 1.82) is 0 Å². The number of ether oxygens (including phenoxy) is 1. The van der Waals surface area contributed by atoms with Crippen LogP contribution >= 0.6 is 0 Å². The number of rotatable bonds is 6. The highest BCUT2D eigenvalue weighted by Crippen LogP contribution is 2.19. The van der Waals surface area contributed by atoms with Gasteiger partial charge >= 0.3 is 0 Å². The minimum absolute atomic E-state index is 0.0275. The summed E-state index contributed by atoms with van der Waals surface area (Å²) in [5.41, 5.74) is 1.05. The van der Waals surface area contributed by atoms with E-state index in [4.69, 9.17) is 4.74 Å². The van der Waals surface area contributed by atoms with Crippen LogP contribution in [0.2, 0.25) is 0 Å². The van der Waals surface area contributed by atoms with Crippen LogP contribution in [0.1, 0.15) is 12.0 Å². The second-order valence-corrected chi connectivity index (χ2v) is 7.06. The second kappa shape index (κ2) is 7.06. The van der Waals surface area contributed by atoms with E-state index in [2.05, 4.69) is 15.7 Å². The summed E-state index contributed by atoms with van der Waals surface area (Å²) in [6, 6.07) is 7.89. The third-order valence-corrected chi connectivity index (χ3v) is 4.21. The Morgan fingerprint density at radius 3 is 2.90 bits per heavy atom. The molecule has 1 aromatic rings. The number of likely N-dealkylation sites (tertiary alicyclic amines) is 1. The molecule has 2 rings (SSSR count). The zero-order valence-corrected chi connectivity index (χ0v) is 13.3. The number of methoxy groups -OCH3 is 1. The summed E-state index contributed by atoms with van der Waals surface area (Å²) in [5, 5.41) is 0. The summed E-state index contributed by atoms with van der Waals surface area (Å²) in [6.07, 6.45) is 6.18. The maximum absolute atomic E-state index is 11.2. The highest BCUT2D eigenvalue weighted by Gasteiger charge is 2.23. The maximum atomic E-state index is 11.2. The predicted molar refractivity (Wildman–Crippen MR) is 84.9 cm³/mol. The Kier molecular flexibility index (Phi) is 5.39. The van der Waals surface area contributed by atoms with Gasteiger partial charge in [-0.2, -0.15) is 0 Å². The van der Waals surface area contributed by atoms with Crippen molar-refractivity contribution in [2.75, 3.05) is 33.0 Å². The van der Waals surface area contributed by atoms with Gasteiger partial charge in [0.05, 0.1) is 13.4 Å². The number of nitrogens with one attached hydrogen (secondary N) is 1. The Morgan fingerprint density at radius 2 is 2.19 bits per heavy atom. The molecule has 1 aliphatic heterocycles. The molecule has 0 amide bonds. The molecule has 1 atom stereocenters. The normalized spacial score (nSPS) is 20.2. The Morgan fingerprint density at radius 1 is 1.43 bits per heavy atom. The van der Waals surface area contributed by atoms with Crippen LogP contribution in [-0.4, -0.2) is 52.4 Å². The Hall–Kier alpha value is -1.37.